The molecule has 1 aromatic carbocycles. The summed E-state index contributed by atoms with van der Waals surface area (Å²) in [7, 11) is 4.11. The fourth-order valence-electron chi connectivity index (χ4n) is 2.02. The van der Waals surface area contributed by atoms with Crippen molar-refractivity contribution in [2.75, 3.05) is 14.2 Å². The Morgan fingerprint density at radius 3 is 2.58 bits per heavy atom. The molecule has 1 heterocycles. The van der Waals surface area contributed by atoms with Crippen molar-refractivity contribution in [3.8, 4) is 11.5 Å². The van der Waals surface area contributed by atoms with Crippen molar-refractivity contribution < 1.29 is 19.4 Å². The number of rotatable bonds is 2. The molecule has 6 nitrogen and oxygen atoms in total. The summed E-state index contributed by atoms with van der Waals surface area (Å²) in [6, 6.07) is 4.92. The van der Waals surface area contributed by atoms with Crippen molar-refractivity contribution in [2.24, 2.45) is 7.05 Å². The van der Waals surface area contributed by atoms with Crippen LogP contribution in [0.2, 0.25) is 0 Å². The van der Waals surface area contributed by atoms with Gasteiger partial charge >= 0.3 is 5.97 Å². The van der Waals surface area contributed by atoms with Gasteiger partial charge in [0, 0.05) is 12.4 Å². The number of nitrogens with zero attached hydrogens (tertiary/aromatic N) is 1. The summed E-state index contributed by atoms with van der Waals surface area (Å²) in [6.45, 7) is 0. The van der Waals surface area contributed by atoms with Crippen LogP contribution in [0.5, 0.6) is 11.5 Å². The van der Waals surface area contributed by atoms with Crippen LogP contribution < -0.4 is 10.3 Å². The van der Waals surface area contributed by atoms with E-state index in [1.807, 2.05) is 0 Å². The molecule has 1 aromatic heterocycles. The zero-order valence-electron chi connectivity index (χ0n) is 10.8. The van der Waals surface area contributed by atoms with E-state index in [1.54, 1.807) is 18.2 Å². The lowest BCUT2D eigenvalue weighted by Crippen LogP contribution is -2.25. The predicted octanol–water partition coefficient (Wildman–Crippen LogP) is 1.04. The highest BCUT2D eigenvalue weighted by Gasteiger charge is 2.22. The fourth-order valence-corrected chi connectivity index (χ4v) is 2.02. The third kappa shape index (κ3) is 1.81. The number of para-hydroxylation sites is 1. The number of esters is 1. The van der Waals surface area contributed by atoms with Gasteiger partial charge in [-0.1, -0.05) is 6.07 Å². The summed E-state index contributed by atoms with van der Waals surface area (Å²) in [6.07, 6.45) is 0. The third-order valence-corrected chi connectivity index (χ3v) is 2.95. The summed E-state index contributed by atoms with van der Waals surface area (Å²) in [5.74, 6) is -0.838. The lowest BCUT2D eigenvalue weighted by atomic mass is 10.1. The largest absolute Gasteiger partial charge is 0.506 e. The first kappa shape index (κ1) is 12.9. The van der Waals surface area contributed by atoms with Crippen LogP contribution in [0.3, 0.4) is 0 Å². The van der Waals surface area contributed by atoms with Crippen LogP contribution in [-0.2, 0) is 11.8 Å². The molecule has 0 spiro atoms. The molecule has 100 valence electrons. The molecule has 0 unspecified atom stereocenters. The Balaban J connectivity index is 3.00. The Bertz CT molecular complexity index is 717. The predicted molar refractivity (Wildman–Crippen MR) is 68.7 cm³/mol. The minimum atomic E-state index is -0.872. The lowest BCUT2D eigenvalue weighted by Gasteiger charge is -2.13. The molecule has 0 saturated heterocycles. The molecule has 2 aromatic rings. The molecule has 0 aliphatic rings. The van der Waals surface area contributed by atoms with Gasteiger partial charge in [-0.2, -0.15) is 0 Å². The Kier molecular flexibility index (Phi) is 3.16. The summed E-state index contributed by atoms with van der Waals surface area (Å²) in [5.41, 5.74) is -0.604. The average Bonchev–Trinajstić information content (AvgIpc) is 2.43. The first-order valence-corrected chi connectivity index (χ1v) is 5.50. The number of aryl methyl sites for hydroxylation is 1. The molecule has 0 fully saturated rings. The van der Waals surface area contributed by atoms with E-state index in [0.29, 0.717) is 16.7 Å². The van der Waals surface area contributed by atoms with E-state index >= 15 is 0 Å². The Morgan fingerprint density at radius 1 is 1.32 bits per heavy atom. The number of aromatic nitrogens is 1. The number of hydrogen-bond acceptors (Lipinski definition) is 5. The molecule has 0 amide bonds. The van der Waals surface area contributed by atoms with E-state index in [2.05, 4.69) is 4.74 Å². The van der Waals surface area contributed by atoms with E-state index in [0.717, 1.165) is 7.11 Å². The number of ether oxygens (including phenoxy) is 2. The zero-order valence-corrected chi connectivity index (χ0v) is 10.8. The maximum atomic E-state index is 12.1. The van der Waals surface area contributed by atoms with Gasteiger partial charge in [0.2, 0.25) is 0 Å². The van der Waals surface area contributed by atoms with Crippen LogP contribution in [0.1, 0.15) is 10.4 Å². The first-order chi connectivity index (χ1) is 9.02. The van der Waals surface area contributed by atoms with Crippen LogP contribution in [0.25, 0.3) is 10.9 Å². The molecule has 6 heteroatoms. The number of benzene rings is 1. The van der Waals surface area contributed by atoms with Gasteiger partial charge in [0.05, 0.1) is 19.7 Å². The quantitative estimate of drug-likeness (QED) is 0.819. The second kappa shape index (κ2) is 4.64. The highest BCUT2D eigenvalue weighted by Crippen LogP contribution is 2.31. The monoisotopic (exact) mass is 263 g/mol. The van der Waals surface area contributed by atoms with E-state index < -0.39 is 17.3 Å². The van der Waals surface area contributed by atoms with E-state index in [-0.39, 0.29) is 5.56 Å². The maximum Gasteiger partial charge on any atom is 0.347 e. The first-order valence-electron chi connectivity index (χ1n) is 5.50. The van der Waals surface area contributed by atoms with Crippen molar-refractivity contribution in [3.05, 3.63) is 34.1 Å². The molecule has 0 atom stereocenters. The highest BCUT2D eigenvalue weighted by molar-refractivity contribution is 6.00. The number of methoxy groups -OCH3 is 2. The van der Waals surface area contributed by atoms with Gasteiger partial charge < -0.3 is 19.1 Å². The number of carbonyl (C=O) groups excluding carboxylic acids is 1. The van der Waals surface area contributed by atoms with Crippen molar-refractivity contribution in [1.29, 1.82) is 0 Å². The van der Waals surface area contributed by atoms with E-state index in [9.17, 15) is 14.7 Å². The molecular weight excluding hydrogens is 250 g/mol. The van der Waals surface area contributed by atoms with Gasteiger partial charge in [-0.05, 0) is 12.1 Å². The van der Waals surface area contributed by atoms with E-state index in [4.69, 9.17) is 4.74 Å². The van der Waals surface area contributed by atoms with Crippen LogP contribution in [0.4, 0.5) is 0 Å². The number of pyridine rings is 1. The molecule has 0 radical (unpaired) electrons. The molecule has 0 saturated carbocycles. The molecule has 0 aliphatic carbocycles. The van der Waals surface area contributed by atoms with Crippen LogP contribution in [0.15, 0.2) is 23.0 Å². The number of aromatic hydroxyl groups is 1. The molecule has 0 bridgehead atoms. The van der Waals surface area contributed by atoms with Gasteiger partial charge in [-0.25, -0.2) is 4.79 Å². The molecule has 0 aliphatic heterocycles. The molecular formula is C13H13NO5. The van der Waals surface area contributed by atoms with Crippen LogP contribution >= 0.6 is 0 Å². The second-order valence-electron chi connectivity index (χ2n) is 3.94. The van der Waals surface area contributed by atoms with Crippen molar-refractivity contribution in [2.45, 2.75) is 0 Å². The SMILES string of the molecule is COC(=O)c1c(O)c2cccc(OC)c2n(C)c1=O. The normalized spacial score (nSPS) is 10.5. The summed E-state index contributed by atoms with van der Waals surface area (Å²) in [5, 5.41) is 10.5. The topological polar surface area (TPSA) is 77.8 Å². The standard InChI is InChI=1S/C13H13NO5/c1-14-10-7(5-4-6-8(10)18-2)11(15)9(12(14)16)13(17)19-3/h4-6,15H,1-3H3. The summed E-state index contributed by atoms with van der Waals surface area (Å²) >= 11 is 0. The van der Waals surface area contributed by atoms with Crippen LogP contribution in [0, 0.1) is 0 Å². The Morgan fingerprint density at radius 2 is 2.00 bits per heavy atom. The maximum absolute atomic E-state index is 12.1. The van der Waals surface area contributed by atoms with Gasteiger partial charge in [0.15, 0.2) is 5.56 Å². The van der Waals surface area contributed by atoms with Crippen molar-refractivity contribution >= 4 is 16.9 Å². The van der Waals surface area contributed by atoms with E-state index in [1.165, 1.54) is 18.7 Å². The zero-order chi connectivity index (χ0) is 14.2. The van der Waals surface area contributed by atoms with Gasteiger partial charge in [0.25, 0.3) is 5.56 Å². The van der Waals surface area contributed by atoms with Crippen molar-refractivity contribution in [3.63, 3.8) is 0 Å². The minimum absolute atomic E-state index is 0.349. The van der Waals surface area contributed by atoms with Crippen LogP contribution in [-0.4, -0.2) is 29.9 Å². The number of fused-ring (bicyclic) bond motifs is 1. The summed E-state index contributed by atoms with van der Waals surface area (Å²) < 4.78 is 10.9. The second-order valence-corrected chi connectivity index (χ2v) is 3.94. The Labute approximate surface area is 108 Å². The fraction of sp³-hybridized carbons (Fsp3) is 0.231. The van der Waals surface area contributed by atoms with Gasteiger partial charge in [-0.3, -0.25) is 4.79 Å². The number of hydrogen-bond donors (Lipinski definition) is 1. The minimum Gasteiger partial charge on any atom is -0.506 e. The Hall–Kier alpha value is -2.50. The smallest absolute Gasteiger partial charge is 0.347 e. The van der Waals surface area contributed by atoms with Gasteiger partial charge in [-0.15, -0.1) is 0 Å². The summed E-state index contributed by atoms with van der Waals surface area (Å²) in [4.78, 5) is 23.7. The average molecular weight is 263 g/mol. The van der Waals surface area contributed by atoms with Gasteiger partial charge in [0.1, 0.15) is 11.5 Å². The highest BCUT2D eigenvalue weighted by atomic mass is 16.5. The number of carbonyl (C=O) groups is 1. The lowest BCUT2D eigenvalue weighted by molar-refractivity contribution is 0.0595. The molecule has 1 N–H and O–H groups in total. The molecule has 2 rings (SSSR count). The van der Waals surface area contributed by atoms with Crippen molar-refractivity contribution in [1.82, 2.24) is 4.57 Å². The molecule has 19 heavy (non-hydrogen) atoms. The third-order valence-electron chi connectivity index (χ3n) is 2.95.